The molecule has 0 N–H and O–H groups in total. The number of hydrogen-bond acceptors (Lipinski definition) is 7. The van der Waals surface area contributed by atoms with Gasteiger partial charge >= 0.3 is 5.97 Å². The van der Waals surface area contributed by atoms with E-state index in [1.807, 2.05) is 29.8 Å². The second kappa shape index (κ2) is 14.5. The van der Waals surface area contributed by atoms with Gasteiger partial charge in [-0.05, 0) is 72.0 Å². The standard InChI is InChI=1S/C31H37N3O5/c1-33-28(22-27(23-32)31(35)39-19-18-38-17-16-37-15-14-36-2)10-11-30(33)26-7-6-25-21-29(9-8-24(25)20-26)34-12-4-3-5-13-34/h6-11,20-22H,3-5,12-19H2,1-2H3/b27-22+. The monoisotopic (exact) mass is 531 g/mol. The molecule has 0 saturated carbocycles. The van der Waals surface area contributed by atoms with Gasteiger partial charge in [-0.15, -0.1) is 0 Å². The Morgan fingerprint density at radius 1 is 0.897 bits per heavy atom. The van der Waals surface area contributed by atoms with E-state index >= 15 is 0 Å². The van der Waals surface area contributed by atoms with Crippen LogP contribution in [0, 0.1) is 11.3 Å². The second-order valence-electron chi connectivity index (χ2n) is 9.52. The van der Waals surface area contributed by atoms with Gasteiger partial charge in [0.25, 0.3) is 0 Å². The van der Waals surface area contributed by atoms with E-state index < -0.39 is 5.97 Å². The predicted octanol–water partition coefficient (Wildman–Crippen LogP) is 4.97. The minimum atomic E-state index is -0.671. The number of rotatable bonds is 13. The predicted molar refractivity (Wildman–Crippen MR) is 152 cm³/mol. The van der Waals surface area contributed by atoms with E-state index in [0.29, 0.717) is 26.4 Å². The minimum Gasteiger partial charge on any atom is -0.459 e. The molecule has 0 aliphatic carbocycles. The Labute approximate surface area is 230 Å². The lowest BCUT2D eigenvalue weighted by atomic mass is 10.0. The van der Waals surface area contributed by atoms with Crippen molar-refractivity contribution < 1.29 is 23.7 Å². The molecule has 0 spiro atoms. The summed E-state index contributed by atoms with van der Waals surface area (Å²) < 4.78 is 22.8. The van der Waals surface area contributed by atoms with Gasteiger partial charge in [0.15, 0.2) is 0 Å². The molecule has 0 radical (unpaired) electrons. The highest BCUT2D eigenvalue weighted by molar-refractivity contribution is 5.98. The van der Waals surface area contributed by atoms with E-state index in [9.17, 15) is 10.1 Å². The maximum absolute atomic E-state index is 12.4. The van der Waals surface area contributed by atoms with Crippen molar-refractivity contribution in [2.45, 2.75) is 19.3 Å². The fourth-order valence-electron chi connectivity index (χ4n) is 4.72. The van der Waals surface area contributed by atoms with Crippen molar-refractivity contribution >= 4 is 28.5 Å². The van der Waals surface area contributed by atoms with Crippen LogP contribution in [0.15, 0.2) is 54.1 Å². The van der Waals surface area contributed by atoms with Crippen molar-refractivity contribution in [1.29, 1.82) is 5.26 Å². The van der Waals surface area contributed by atoms with Gasteiger partial charge in [0, 0.05) is 44.3 Å². The van der Waals surface area contributed by atoms with Gasteiger partial charge in [-0.2, -0.15) is 5.26 Å². The number of ether oxygens (including phenoxy) is 4. The zero-order chi connectivity index (χ0) is 27.5. The number of nitriles is 1. The van der Waals surface area contributed by atoms with Gasteiger partial charge in [0.2, 0.25) is 0 Å². The van der Waals surface area contributed by atoms with Crippen LogP contribution >= 0.6 is 0 Å². The van der Waals surface area contributed by atoms with E-state index in [2.05, 4.69) is 41.3 Å². The van der Waals surface area contributed by atoms with Crippen LogP contribution in [-0.2, 0) is 30.8 Å². The summed E-state index contributed by atoms with van der Waals surface area (Å²) in [6.07, 6.45) is 5.39. The van der Waals surface area contributed by atoms with E-state index in [0.717, 1.165) is 30.0 Å². The van der Waals surface area contributed by atoms with E-state index in [1.54, 1.807) is 13.2 Å². The van der Waals surface area contributed by atoms with Gasteiger partial charge in [0.1, 0.15) is 18.2 Å². The Balaban J connectivity index is 1.36. The summed E-state index contributed by atoms with van der Waals surface area (Å²) in [5.41, 5.74) is 4.03. The van der Waals surface area contributed by atoms with Crippen molar-refractivity contribution in [2.75, 3.05) is 64.7 Å². The van der Waals surface area contributed by atoms with Gasteiger partial charge in [0.05, 0.1) is 33.0 Å². The first-order valence-electron chi connectivity index (χ1n) is 13.5. The number of carbonyl (C=O) groups is 1. The van der Waals surface area contributed by atoms with Gasteiger partial charge < -0.3 is 28.4 Å². The van der Waals surface area contributed by atoms with Crippen LogP contribution in [0.4, 0.5) is 5.69 Å². The number of piperidine rings is 1. The first-order chi connectivity index (χ1) is 19.1. The molecule has 1 aromatic heterocycles. The SMILES string of the molecule is COCCOCCOCCOC(=O)/C(C#N)=C/c1ccc(-c2ccc3cc(N4CCCCC4)ccc3c2)n1C. The highest BCUT2D eigenvalue weighted by Crippen LogP contribution is 2.30. The van der Waals surface area contributed by atoms with Crippen molar-refractivity contribution in [3.8, 4) is 17.3 Å². The summed E-state index contributed by atoms with van der Waals surface area (Å²) in [5.74, 6) is -0.671. The van der Waals surface area contributed by atoms with Gasteiger partial charge in [-0.3, -0.25) is 0 Å². The van der Waals surface area contributed by atoms with Crippen LogP contribution < -0.4 is 4.90 Å². The average Bonchev–Trinajstić information content (AvgIpc) is 3.34. The van der Waals surface area contributed by atoms with Crippen LogP contribution in [0.3, 0.4) is 0 Å². The third-order valence-corrected chi connectivity index (χ3v) is 6.90. The zero-order valence-electron chi connectivity index (χ0n) is 22.9. The number of methoxy groups -OCH3 is 1. The van der Waals surface area contributed by atoms with E-state index in [1.165, 1.54) is 35.7 Å². The molecule has 1 aliphatic heterocycles. The van der Waals surface area contributed by atoms with Crippen LogP contribution in [-0.4, -0.2) is 70.4 Å². The fraction of sp³-hybridized carbons (Fsp3) is 0.419. The smallest absolute Gasteiger partial charge is 0.349 e. The van der Waals surface area contributed by atoms with Crippen molar-refractivity contribution in [2.24, 2.45) is 7.05 Å². The molecule has 1 fully saturated rings. The molecule has 0 unspecified atom stereocenters. The Morgan fingerprint density at radius 2 is 1.59 bits per heavy atom. The summed E-state index contributed by atoms with van der Waals surface area (Å²) >= 11 is 0. The summed E-state index contributed by atoms with van der Waals surface area (Å²) in [6, 6.07) is 19.0. The number of benzene rings is 2. The molecule has 39 heavy (non-hydrogen) atoms. The molecule has 2 aromatic carbocycles. The number of aromatic nitrogens is 1. The molecular formula is C31H37N3O5. The van der Waals surface area contributed by atoms with Gasteiger partial charge in [-0.25, -0.2) is 4.79 Å². The summed E-state index contributed by atoms with van der Waals surface area (Å²) in [5, 5.41) is 12.0. The highest BCUT2D eigenvalue weighted by Gasteiger charge is 2.14. The zero-order valence-corrected chi connectivity index (χ0v) is 22.9. The third-order valence-electron chi connectivity index (χ3n) is 6.90. The van der Waals surface area contributed by atoms with Crippen molar-refractivity contribution in [1.82, 2.24) is 4.57 Å². The van der Waals surface area contributed by atoms with Crippen molar-refractivity contribution in [3.05, 3.63) is 59.8 Å². The normalized spacial score (nSPS) is 14.0. The molecule has 1 aliphatic rings. The molecule has 0 bridgehead atoms. The van der Waals surface area contributed by atoms with Crippen molar-refractivity contribution in [3.63, 3.8) is 0 Å². The first-order valence-corrected chi connectivity index (χ1v) is 13.5. The fourth-order valence-corrected chi connectivity index (χ4v) is 4.72. The average molecular weight is 532 g/mol. The summed E-state index contributed by atoms with van der Waals surface area (Å²) in [7, 11) is 3.54. The molecule has 8 heteroatoms. The number of esters is 1. The number of nitrogens with zero attached hydrogens (tertiary/aromatic N) is 3. The molecule has 8 nitrogen and oxygen atoms in total. The molecule has 206 valence electrons. The number of carbonyl (C=O) groups excluding carboxylic acids is 1. The van der Waals surface area contributed by atoms with E-state index in [4.69, 9.17) is 18.9 Å². The largest absolute Gasteiger partial charge is 0.459 e. The molecular weight excluding hydrogens is 494 g/mol. The van der Waals surface area contributed by atoms with Crippen LogP contribution in [0.5, 0.6) is 0 Å². The lowest BCUT2D eigenvalue weighted by Crippen LogP contribution is -2.29. The summed E-state index contributed by atoms with van der Waals surface area (Å²) in [6.45, 7) is 4.41. The first kappa shape index (κ1) is 28.4. The Morgan fingerprint density at radius 3 is 2.33 bits per heavy atom. The molecule has 3 aromatic rings. The maximum Gasteiger partial charge on any atom is 0.349 e. The topological polar surface area (TPSA) is 85.9 Å². The maximum atomic E-state index is 12.4. The lowest BCUT2D eigenvalue weighted by Gasteiger charge is -2.29. The van der Waals surface area contributed by atoms with Crippen LogP contribution in [0.25, 0.3) is 28.1 Å². The second-order valence-corrected chi connectivity index (χ2v) is 9.52. The highest BCUT2D eigenvalue weighted by atomic mass is 16.6. The lowest BCUT2D eigenvalue weighted by molar-refractivity contribution is -0.140. The summed E-state index contributed by atoms with van der Waals surface area (Å²) in [4.78, 5) is 14.9. The minimum absolute atomic E-state index is 0.0604. The van der Waals surface area contributed by atoms with E-state index in [-0.39, 0.29) is 18.8 Å². The number of fused-ring (bicyclic) bond motifs is 1. The quantitative estimate of drug-likeness (QED) is 0.133. The Kier molecular flexibility index (Phi) is 10.5. The van der Waals surface area contributed by atoms with Crippen LogP contribution in [0.1, 0.15) is 25.0 Å². The van der Waals surface area contributed by atoms with Gasteiger partial charge in [-0.1, -0.05) is 18.2 Å². The molecule has 0 amide bonds. The third kappa shape index (κ3) is 7.70. The Bertz CT molecular complexity index is 1320. The van der Waals surface area contributed by atoms with Crippen LogP contribution in [0.2, 0.25) is 0 Å². The molecule has 1 saturated heterocycles. The molecule has 2 heterocycles. The molecule has 4 rings (SSSR count). The number of hydrogen-bond donors (Lipinski definition) is 0. The molecule has 0 atom stereocenters. The number of anilines is 1. The Hall–Kier alpha value is -3.64.